The fourth-order valence-electron chi connectivity index (χ4n) is 2.32. The summed E-state index contributed by atoms with van der Waals surface area (Å²) < 4.78 is 5.37. The number of urea groups is 1. The number of thiazole rings is 1. The molecule has 0 aliphatic heterocycles. The Morgan fingerprint density at radius 1 is 1.39 bits per heavy atom. The summed E-state index contributed by atoms with van der Waals surface area (Å²) in [4.78, 5) is 16.4. The van der Waals surface area contributed by atoms with E-state index in [-0.39, 0.29) is 12.1 Å². The second-order valence-corrected chi connectivity index (χ2v) is 6.44. The number of hydrogen-bond donors (Lipinski definition) is 2. The Labute approximate surface area is 141 Å². The zero-order valence-corrected chi connectivity index (χ0v) is 14.8. The molecule has 1 atom stereocenters. The van der Waals surface area contributed by atoms with Crippen LogP contribution in [0, 0.1) is 13.8 Å². The normalized spacial score (nSPS) is 11.8. The van der Waals surface area contributed by atoms with Gasteiger partial charge in [-0.3, -0.25) is 0 Å². The Kier molecular flexibility index (Phi) is 5.98. The van der Waals surface area contributed by atoms with Gasteiger partial charge in [-0.1, -0.05) is 17.7 Å². The number of nitrogens with zero attached hydrogens (tertiary/aromatic N) is 1. The lowest BCUT2D eigenvalue weighted by Gasteiger charge is -2.18. The third-order valence-corrected chi connectivity index (χ3v) is 4.52. The van der Waals surface area contributed by atoms with Gasteiger partial charge in [0.25, 0.3) is 0 Å². The standard InChI is InChI=1S/C17H23N3O2S/c1-11-5-6-15(22-4)14(9-11)13(3)20-17(21)18-8-7-16-19-12(2)10-23-16/h5-6,9-10,13H,7-8H2,1-4H3,(H2,18,20,21). The van der Waals surface area contributed by atoms with Gasteiger partial charge in [-0.2, -0.15) is 0 Å². The highest BCUT2D eigenvalue weighted by atomic mass is 32.1. The molecular weight excluding hydrogens is 310 g/mol. The van der Waals surface area contributed by atoms with Crippen LogP contribution in [-0.2, 0) is 6.42 Å². The number of carbonyl (C=O) groups excluding carboxylic acids is 1. The van der Waals surface area contributed by atoms with E-state index in [2.05, 4.69) is 15.6 Å². The summed E-state index contributed by atoms with van der Waals surface area (Å²) in [6.45, 7) is 6.50. The molecule has 1 aromatic heterocycles. The van der Waals surface area contributed by atoms with Crippen molar-refractivity contribution < 1.29 is 9.53 Å². The quantitative estimate of drug-likeness (QED) is 0.852. The van der Waals surface area contributed by atoms with E-state index in [0.717, 1.165) is 34.0 Å². The highest BCUT2D eigenvalue weighted by molar-refractivity contribution is 7.09. The lowest BCUT2D eigenvalue weighted by molar-refractivity contribution is 0.238. The molecule has 0 bridgehead atoms. The number of hydrogen-bond acceptors (Lipinski definition) is 4. The highest BCUT2D eigenvalue weighted by Crippen LogP contribution is 2.25. The number of nitrogens with one attached hydrogen (secondary N) is 2. The van der Waals surface area contributed by atoms with Crippen LogP contribution < -0.4 is 15.4 Å². The number of aryl methyl sites for hydroxylation is 2. The molecule has 5 nitrogen and oxygen atoms in total. The van der Waals surface area contributed by atoms with E-state index in [4.69, 9.17) is 4.74 Å². The van der Waals surface area contributed by atoms with E-state index in [1.54, 1.807) is 18.4 Å². The van der Waals surface area contributed by atoms with Crippen LogP contribution in [0.1, 0.15) is 34.8 Å². The zero-order chi connectivity index (χ0) is 16.8. The summed E-state index contributed by atoms with van der Waals surface area (Å²) in [7, 11) is 1.64. The number of ether oxygens (including phenoxy) is 1. The second-order valence-electron chi connectivity index (χ2n) is 5.50. The summed E-state index contributed by atoms with van der Waals surface area (Å²) in [5, 5.41) is 8.87. The molecule has 1 unspecified atom stereocenters. The number of methoxy groups -OCH3 is 1. The Hall–Kier alpha value is -2.08. The number of benzene rings is 1. The van der Waals surface area contributed by atoms with Crippen LogP contribution >= 0.6 is 11.3 Å². The van der Waals surface area contributed by atoms with Gasteiger partial charge in [-0.15, -0.1) is 11.3 Å². The molecule has 2 rings (SSSR count). The Morgan fingerprint density at radius 3 is 2.83 bits per heavy atom. The SMILES string of the molecule is COc1ccc(C)cc1C(C)NC(=O)NCCc1nc(C)cs1. The Morgan fingerprint density at radius 2 is 2.17 bits per heavy atom. The molecule has 0 aliphatic rings. The van der Waals surface area contributed by atoms with Crippen molar-refractivity contribution in [2.45, 2.75) is 33.2 Å². The predicted octanol–water partition coefficient (Wildman–Crippen LogP) is 3.37. The van der Waals surface area contributed by atoms with Gasteiger partial charge in [0.1, 0.15) is 5.75 Å². The molecule has 0 aliphatic carbocycles. The smallest absolute Gasteiger partial charge is 0.315 e. The average molecular weight is 333 g/mol. The van der Waals surface area contributed by atoms with Crippen molar-refractivity contribution >= 4 is 17.4 Å². The van der Waals surface area contributed by atoms with Crippen LogP contribution in [-0.4, -0.2) is 24.7 Å². The topological polar surface area (TPSA) is 63.2 Å². The van der Waals surface area contributed by atoms with Gasteiger partial charge in [-0.05, 0) is 26.8 Å². The molecule has 0 saturated carbocycles. The van der Waals surface area contributed by atoms with Gasteiger partial charge in [0, 0.05) is 29.6 Å². The fourth-order valence-corrected chi connectivity index (χ4v) is 3.09. The van der Waals surface area contributed by atoms with Crippen LogP contribution in [0.4, 0.5) is 4.79 Å². The van der Waals surface area contributed by atoms with E-state index in [1.165, 1.54) is 0 Å². The molecule has 6 heteroatoms. The van der Waals surface area contributed by atoms with Crippen molar-refractivity contribution in [1.82, 2.24) is 15.6 Å². The molecule has 0 spiro atoms. The van der Waals surface area contributed by atoms with Gasteiger partial charge in [0.2, 0.25) is 0 Å². The second kappa shape index (κ2) is 7.97. The van der Waals surface area contributed by atoms with Crippen LogP contribution in [0.5, 0.6) is 5.75 Å². The zero-order valence-electron chi connectivity index (χ0n) is 14.0. The maximum absolute atomic E-state index is 12.0. The number of amides is 2. The molecule has 124 valence electrons. The van der Waals surface area contributed by atoms with Gasteiger partial charge in [-0.25, -0.2) is 9.78 Å². The molecular formula is C17H23N3O2S. The minimum absolute atomic E-state index is 0.132. The van der Waals surface area contributed by atoms with E-state index in [0.29, 0.717) is 6.54 Å². The first kappa shape index (κ1) is 17.3. The van der Waals surface area contributed by atoms with Crippen LogP contribution in [0.15, 0.2) is 23.6 Å². The third-order valence-electron chi connectivity index (χ3n) is 3.49. The van der Waals surface area contributed by atoms with E-state index in [1.807, 2.05) is 44.4 Å². The van der Waals surface area contributed by atoms with Crippen molar-refractivity contribution in [1.29, 1.82) is 0 Å². The minimum Gasteiger partial charge on any atom is -0.496 e. The van der Waals surface area contributed by atoms with Crippen molar-refractivity contribution in [3.05, 3.63) is 45.4 Å². The number of rotatable bonds is 6. The summed E-state index contributed by atoms with van der Waals surface area (Å²) in [6, 6.07) is 5.63. The molecule has 1 aromatic carbocycles. The predicted molar refractivity (Wildman–Crippen MR) is 93.2 cm³/mol. The molecule has 0 radical (unpaired) electrons. The van der Waals surface area contributed by atoms with Crippen molar-refractivity contribution in [2.24, 2.45) is 0 Å². The van der Waals surface area contributed by atoms with E-state index in [9.17, 15) is 4.79 Å². The van der Waals surface area contributed by atoms with Crippen LogP contribution in [0.3, 0.4) is 0 Å². The molecule has 0 saturated heterocycles. The monoisotopic (exact) mass is 333 g/mol. The minimum atomic E-state index is -0.186. The molecule has 1 heterocycles. The van der Waals surface area contributed by atoms with Crippen molar-refractivity contribution in [2.75, 3.05) is 13.7 Å². The number of carbonyl (C=O) groups is 1. The van der Waals surface area contributed by atoms with Crippen molar-refractivity contribution in [3.63, 3.8) is 0 Å². The molecule has 2 aromatic rings. The maximum Gasteiger partial charge on any atom is 0.315 e. The number of aromatic nitrogens is 1. The third kappa shape index (κ3) is 4.96. The van der Waals surface area contributed by atoms with Gasteiger partial charge < -0.3 is 15.4 Å². The van der Waals surface area contributed by atoms with Gasteiger partial charge in [0.05, 0.1) is 18.2 Å². The van der Waals surface area contributed by atoms with E-state index < -0.39 is 0 Å². The first-order chi connectivity index (χ1) is 11.0. The summed E-state index contributed by atoms with van der Waals surface area (Å²) >= 11 is 1.62. The van der Waals surface area contributed by atoms with Crippen LogP contribution in [0.2, 0.25) is 0 Å². The average Bonchev–Trinajstić information content (AvgIpc) is 2.92. The highest BCUT2D eigenvalue weighted by Gasteiger charge is 2.14. The Bertz CT molecular complexity index is 670. The summed E-state index contributed by atoms with van der Waals surface area (Å²) in [5.74, 6) is 0.779. The van der Waals surface area contributed by atoms with Gasteiger partial charge in [0.15, 0.2) is 0 Å². The van der Waals surface area contributed by atoms with Gasteiger partial charge >= 0.3 is 6.03 Å². The van der Waals surface area contributed by atoms with Crippen molar-refractivity contribution in [3.8, 4) is 5.75 Å². The van der Waals surface area contributed by atoms with Crippen LogP contribution in [0.25, 0.3) is 0 Å². The van der Waals surface area contributed by atoms with E-state index >= 15 is 0 Å². The molecule has 0 fully saturated rings. The fraction of sp³-hybridized carbons (Fsp3) is 0.412. The molecule has 2 N–H and O–H groups in total. The largest absolute Gasteiger partial charge is 0.496 e. The molecule has 23 heavy (non-hydrogen) atoms. The lowest BCUT2D eigenvalue weighted by Crippen LogP contribution is -2.38. The summed E-state index contributed by atoms with van der Waals surface area (Å²) in [5.41, 5.74) is 3.13. The molecule has 2 amide bonds. The first-order valence-corrected chi connectivity index (χ1v) is 8.47. The summed E-state index contributed by atoms with van der Waals surface area (Å²) in [6.07, 6.45) is 0.744. The maximum atomic E-state index is 12.0. The first-order valence-electron chi connectivity index (χ1n) is 7.59. The Balaban J connectivity index is 1.86. The lowest BCUT2D eigenvalue weighted by atomic mass is 10.0.